The molecule has 0 fully saturated rings. The van der Waals surface area contributed by atoms with E-state index < -0.39 is 0 Å². The van der Waals surface area contributed by atoms with Gasteiger partial charge in [-0.15, -0.1) is 0 Å². The molecule has 1 N–H and O–H groups in total. The molecule has 0 aromatic heterocycles. The van der Waals surface area contributed by atoms with Crippen LogP contribution in [0.1, 0.15) is 52.6 Å². The summed E-state index contributed by atoms with van der Waals surface area (Å²) in [4.78, 5) is 0. The van der Waals surface area contributed by atoms with Gasteiger partial charge in [0.05, 0.1) is 7.11 Å². The zero-order valence-electron chi connectivity index (χ0n) is 13.3. The van der Waals surface area contributed by atoms with E-state index in [9.17, 15) is 0 Å². The third-order valence-corrected chi connectivity index (χ3v) is 4.03. The Morgan fingerprint density at radius 1 is 1.21 bits per heavy atom. The Balaban J connectivity index is 2.94. The Labute approximate surface area is 118 Å². The molecule has 0 radical (unpaired) electrons. The molecule has 0 aliphatic heterocycles. The molecule has 0 amide bonds. The summed E-state index contributed by atoms with van der Waals surface area (Å²) in [6.07, 6.45) is 1.12. The van der Waals surface area contributed by atoms with Crippen molar-refractivity contribution in [2.24, 2.45) is 11.3 Å². The van der Waals surface area contributed by atoms with E-state index in [-0.39, 0.29) is 0 Å². The van der Waals surface area contributed by atoms with Crippen LogP contribution in [0, 0.1) is 11.3 Å². The molecule has 2 unspecified atom stereocenters. The van der Waals surface area contributed by atoms with Crippen LogP contribution in [0.25, 0.3) is 0 Å². The van der Waals surface area contributed by atoms with Crippen LogP contribution in [0.5, 0.6) is 5.75 Å². The lowest BCUT2D eigenvalue weighted by molar-refractivity contribution is 0.222. The maximum absolute atomic E-state index is 5.50. The normalized spacial score (nSPS) is 15.1. The summed E-state index contributed by atoms with van der Waals surface area (Å²) in [5, 5.41) is 3.60. The lowest BCUT2D eigenvalue weighted by Gasteiger charge is -2.31. The second-order valence-electron chi connectivity index (χ2n) is 6.35. The summed E-state index contributed by atoms with van der Waals surface area (Å²) in [5.41, 5.74) is 1.60. The van der Waals surface area contributed by atoms with Crippen LogP contribution in [0.3, 0.4) is 0 Å². The first-order valence-corrected chi connectivity index (χ1v) is 7.26. The van der Waals surface area contributed by atoms with Crippen molar-refractivity contribution in [3.63, 3.8) is 0 Å². The fourth-order valence-corrected chi connectivity index (χ4v) is 2.23. The van der Waals surface area contributed by atoms with E-state index in [4.69, 9.17) is 4.74 Å². The highest BCUT2D eigenvalue weighted by molar-refractivity contribution is 5.35. The van der Waals surface area contributed by atoms with Crippen LogP contribution in [-0.2, 0) is 0 Å². The topological polar surface area (TPSA) is 21.3 Å². The number of nitrogens with one attached hydrogen (secondary N) is 1. The first-order chi connectivity index (χ1) is 8.90. The van der Waals surface area contributed by atoms with E-state index >= 15 is 0 Å². The van der Waals surface area contributed by atoms with Gasteiger partial charge >= 0.3 is 0 Å². The molecule has 19 heavy (non-hydrogen) atoms. The maximum Gasteiger partial charge on any atom is 0.123 e. The summed E-state index contributed by atoms with van der Waals surface area (Å²) in [5.74, 6) is 1.62. The van der Waals surface area contributed by atoms with Gasteiger partial charge in [-0.2, -0.15) is 0 Å². The van der Waals surface area contributed by atoms with E-state index in [0.29, 0.717) is 17.4 Å². The maximum atomic E-state index is 5.50. The van der Waals surface area contributed by atoms with Gasteiger partial charge in [0.2, 0.25) is 0 Å². The van der Waals surface area contributed by atoms with Crippen LogP contribution in [0.2, 0.25) is 0 Å². The minimum absolute atomic E-state index is 0.329. The van der Waals surface area contributed by atoms with Gasteiger partial charge in [-0.25, -0.2) is 0 Å². The van der Waals surface area contributed by atoms with Gasteiger partial charge < -0.3 is 10.1 Å². The van der Waals surface area contributed by atoms with Gasteiger partial charge in [-0.3, -0.25) is 0 Å². The SMILES string of the molecule is CCNC(CC(C)C(C)(C)C)c1ccccc1OC. The van der Waals surface area contributed by atoms with Crippen molar-refractivity contribution in [3.05, 3.63) is 29.8 Å². The molecule has 0 saturated heterocycles. The average Bonchev–Trinajstić information content (AvgIpc) is 2.37. The molecular weight excluding hydrogens is 234 g/mol. The van der Waals surface area contributed by atoms with Crippen molar-refractivity contribution < 1.29 is 4.74 Å². The Morgan fingerprint density at radius 2 is 1.84 bits per heavy atom. The van der Waals surface area contributed by atoms with Crippen LogP contribution in [0.15, 0.2) is 24.3 Å². The van der Waals surface area contributed by atoms with Crippen molar-refractivity contribution in [1.29, 1.82) is 0 Å². The molecular formula is C17H29NO. The third kappa shape index (κ3) is 4.54. The second-order valence-corrected chi connectivity index (χ2v) is 6.35. The highest BCUT2D eigenvalue weighted by Crippen LogP contribution is 2.35. The van der Waals surface area contributed by atoms with E-state index in [1.807, 2.05) is 12.1 Å². The molecule has 0 aliphatic rings. The zero-order chi connectivity index (χ0) is 14.5. The van der Waals surface area contributed by atoms with Crippen LogP contribution >= 0.6 is 0 Å². The fourth-order valence-electron chi connectivity index (χ4n) is 2.23. The molecule has 0 saturated carbocycles. The monoisotopic (exact) mass is 263 g/mol. The van der Waals surface area contributed by atoms with Gasteiger partial charge in [0.25, 0.3) is 0 Å². The smallest absolute Gasteiger partial charge is 0.123 e. The van der Waals surface area contributed by atoms with Gasteiger partial charge in [0.15, 0.2) is 0 Å². The predicted molar refractivity (Wildman–Crippen MR) is 82.6 cm³/mol. The van der Waals surface area contributed by atoms with Gasteiger partial charge in [0, 0.05) is 11.6 Å². The first kappa shape index (κ1) is 16.0. The summed E-state index contributed by atoms with van der Waals surface area (Å²) in [7, 11) is 1.75. The van der Waals surface area contributed by atoms with Crippen molar-refractivity contribution in [3.8, 4) is 5.75 Å². The first-order valence-electron chi connectivity index (χ1n) is 7.26. The van der Waals surface area contributed by atoms with Gasteiger partial charge in [-0.1, -0.05) is 52.8 Å². The Morgan fingerprint density at radius 3 is 2.37 bits per heavy atom. The molecule has 1 aromatic carbocycles. The Hall–Kier alpha value is -1.02. The molecule has 2 heteroatoms. The summed E-state index contributed by atoms with van der Waals surface area (Å²) in [6.45, 7) is 12.4. The van der Waals surface area contributed by atoms with Crippen molar-refractivity contribution in [2.75, 3.05) is 13.7 Å². The van der Waals surface area contributed by atoms with Gasteiger partial charge in [-0.05, 0) is 30.4 Å². The summed E-state index contributed by atoms with van der Waals surface area (Å²) in [6, 6.07) is 8.68. The summed E-state index contributed by atoms with van der Waals surface area (Å²) >= 11 is 0. The van der Waals surface area contributed by atoms with Gasteiger partial charge in [0.1, 0.15) is 5.75 Å². The quantitative estimate of drug-likeness (QED) is 0.820. The molecule has 1 rings (SSSR count). The van der Waals surface area contributed by atoms with E-state index in [2.05, 4.69) is 52.1 Å². The lowest BCUT2D eigenvalue weighted by Crippen LogP contribution is -2.27. The molecule has 0 aliphatic carbocycles. The summed E-state index contributed by atoms with van der Waals surface area (Å²) < 4.78 is 5.50. The number of para-hydroxylation sites is 1. The Bertz CT molecular complexity index is 381. The van der Waals surface area contributed by atoms with Crippen LogP contribution in [-0.4, -0.2) is 13.7 Å². The van der Waals surface area contributed by atoms with Crippen molar-refractivity contribution >= 4 is 0 Å². The van der Waals surface area contributed by atoms with E-state index in [0.717, 1.165) is 18.7 Å². The minimum atomic E-state index is 0.329. The molecule has 2 atom stereocenters. The predicted octanol–water partition coefficient (Wildman–Crippen LogP) is 4.42. The molecule has 108 valence electrons. The number of ether oxygens (including phenoxy) is 1. The highest BCUT2D eigenvalue weighted by Gasteiger charge is 2.25. The molecule has 2 nitrogen and oxygen atoms in total. The number of methoxy groups -OCH3 is 1. The molecule has 0 bridgehead atoms. The lowest BCUT2D eigenvalue weighted by atomic mass is 9.77. The number of benzene rings is 1. The molecule has 0 heterocycles. The number of hydrogen-bond donors (Lipinski definition) is 1. The highest BCUT2D eigenvalue weighted by atomic mass is 16.5. The van der Waals surface area contributed by atoms with Crippen LogP contribution < -0.4 is 10.1 Å². The molecule has 1 aromatic rings. The van der Waals surface area contributed by atoms with E-state index in [1.165, 1.54) is 5.56 Å². The second kappa shape index (κ2) is 6.95. The zero-order valence-corrected chi connectivity index (χ0v) is 13.3. The van der Waals surface area contributed by atoms with Crippen molar-refractivity contribution in [2.45, 2.75) is 47.1 Å². The third-order valence-electron chi connectivity index (χ3n) is 4.03. The van der Waals surface area contributed by atoms with Crippen LogP contribution in [0.4, 0.5) is 0 Å². The number of rotatable bonds is 6. The number of hydrogen-bond acceptors (Lipinski definition) is 2. The minimum Gasteiger partial charge on any atom is -0.496 e. The molecule has 0 spiro atoms. The Kier molecular flexibility index (Phi) is 5.86. The van der Waals surface area contributed by atoms with E-state index in [1.54, 1.807) is 7.11 Å². The average molecular weight is 263 g/mol. The largest absolute Gasteiger partial charge is 0.496 e. The van der Waals surface area contributed by atoms with Crippen molar-refractivity contribution in [1.82, 2.24) is 5.32 Å². The standard InChI is InChI=1S/C17H29NO/c1-7-18-15(12-13(2)17(3,4)5)14-10-8-9-11-16(14)19-6/h8-11,13,15,18H,7,12H2,1-6H3. The fraction of sp³-hybridized carbons (Fsp3) is 0.647.